The number of nitriles is 1. The largest absolute Gasteiger partial charge is 0.497 e. The monoisotopic (exact) mass is 535 g/mol. The van der Waals surface area contributed by atoms with Gasteiger partial charge in [0.1, 0.15) is 5.75 Å². The normalized spacial score (nSPS) is 14.7. The van der Waals surface area contributed by atoms with Crippen LogP contribution in [0.15, 0.2) is 73.2 Å². The Morgan fingerprint density at radius 3 is 2.80 bits per heavy atom. The summed E-state index contributed by atoms with van der Waals surface area (Å²) in [6, 6.07) is 18.9. The van der Waals surface area contributed by atoms with Crippen molar-refractivity contribution in [3.05, 3.63) is 84.3 Å². The molecule has 0 spiro atoms. The summed E-state index contributed by atoms with van der Waals surface area (Å²) in [4.78, 5) is 22.0. The minimum absolute atomic E-state index is 0.0845. The Labute approximate surface area is 234 Å². The first kappa shape index (κ1) is 26.9. The molecule has 2 aromatic carbocycles. The van der Waals surface area contributed by atoms with E-state index in [2.05, 4.69) is 31.8 Å². The van der Waals surface area contributed by atoms with Crippen molar-refractivity contribution in [1.82, 2.24) is 25.1 Å². The van der Waals surface area contributed by atoms with Crippen LogP contribution in [0.5, 0.6) is 5.75 Å². The number of anilines is 2. The molecule has 4 aromatic rings. The molecule has 1 aliphatic carbocycles. The average molecular weight is 536 g/mol. The third-order valence-corrected chi connectivity index (χ3v) is 7.46. The number of ether oxygens (including phenoxy) is 1. The van der Waals surface area contributed by atoms with Crippen LogP contribution in [-0.2, 0) is 0 Å². The predicted molar refractivity (Wildman–Crippen MR) is 153 cm³/mol. The van der Waals surface area contributed by atoms with Gasteiger partial charge in [-0.15, -0.1) is 0 Å². The van der Waals surface area contributed by atoms with E-state index in [9.17, 15) is 10.1 Å². The molecular formula is C31H33N7O2. The molecule has 0 saturated heterocycles. The lowest BCUT2D eigenvalue weighted by molar-refractivity contribution is 0.0940. The molecule has 1 amide bonds. The van der Waals surface area contributed by atoms with Crippen LogP contribution in [0.25, 0.3) is 11.3 Å². The van der Waals surface area contributed by atoms with Gasteiger partial charge in [-0.3, -0.25) is 9.48 Å². The average Bonchev–Trinajstić information content (AvgIpc) is 3.70. The van der Waals surface area contributed by atoms with Crippen LogP contribution in [0.4, 0.5) is 11.6 Å². The number of benzene rings is 2. The van der Waals surface area contributed by atoms with Gasteiger partial charge in [-0.25, -0.2) is 9.97 Å². The number of hydrogen-bond acceptors (Lipinski definition) is 7. The molecule has 2 heterocycles. The number of nitrogens with one attached hydrogen (secondary N) is 2. The Morgan fingerprint density at radius 1 is 1.18 bits per heavy atom. The van der Waals surface area contributed by atoms with Gasteiger partial charge in [0.05, 0.1) is 43.6 Å². The molecular weight excluding hydrogens is 502 g/mol. The first-order chi connectivity index (χ1) is 19.5. The second-order valence-electron chi connectivity index (χ2n) is 10.1. The lowest BCUT2D eigenvalue weighted by atomic mass is 9.96. The summed E-state index contributed by atoms with van der Waals surface area (Å²) in [6.07, 6.45) is 10.6. The number of nitrogens with zero attached hydrogens (tertiary/aromatic N) is 5. The highest BCUT2D eigenvalue weighted by Gasteiger charge is 2.27. The van der Waals surface area contributed by atoms with E-state index in [4.69, 9.17) is 4.74 Å². The van der Waals surface area contributed by atoms with E-state index in [0.29, 0.717) is 29.5 Å². The van der Waals surface area contributed by atoms with Crippen LogP contribution in [0.3, 0.4) is 0 Å². The van der Waals surface area contributed by atoms with E-state index in [1.807, 2.05) is 60.3 Å². The van der Waals surface area contributed by atoms with Crippen LogP contribution in [0.1, 0.15) is 67.0 Å². The maximum Gasteiger partial charge on any atom is 0.251 e. The molecule has 5 rings (SSSR count). The third kappa shape index (κ3) is 6.29. The number of amides is 1. The number of aromatic nitrogens is 4. The Morgan fingerprint density at radius 2 is 2.00 bits per heavy atom. The SMILES string of the molecule is COc1cccc(C(C)NC(=O)c2cccc(Nc3nccc(-c4cnn(C(CC#N)C5CCCC5)c4)n3)c2)c1. The van der Waals surface area contributed by atoms with E-state index < -0.39 is 0 Å². The highest BCUT2D eigenvalue weighted by molar-refractivity contribution is 5.95. The molecule has 1 fully saturated rings. The van der Waals surface area contributed by atoms with Crippen LogP contribution in [-0.4, -0.2) is 32.8 Å². The van der Waals surface area contributed by atoms with Gasteiger partial charge in [-0.05, 0) is 67.6 Å². The molecule has 0 bridgehead atoms. The van der Waals surface area contributed by atoms with Gasteiger partial charge in [0, 0.05) is 29.2 Å². The van der Waals surface area contributed by atoms with Crippen molar-refractivity contribution in [1.29, 1.82) is 5.26 Å². The highest BCUT2D eigenvalue weighted by atomic mass is 16.5. The highest BCUT2D eigenvalue weighted by Crippen LogP contribution is 2.36. The van der Waals surface area contributed by atoms with E-state index in [1.165, 1.54) is 12.8 Å². The topological polar surface area (TPSA) is 118 Å². The summed E-state index contributed by atoms with van der Waals surface area (Å²) in [5.74, 6) is 1.46. The van der Waals surface area contributed by atoms with E-state index >= 15 is 0 Å². The molecule has 1 aliphatic rings. The van der Waals surface area contributed by atoms with Crippen LogP contribution >= 0.6 is 0 Å². The molecule has 9 nitrogen and oxygen atoms in total. The van der Waals surface area contributed by atoms with Crippen LogP contribution in [0.2, 0.25) is 0 Å². The van der Waals surface area contributed by atoms with Crippen LogP contribution < -0.4 is 15.4 Å². The predicted octanol–water partition coefficient (Wildman–Crippen LogP) is 6.23. The van der Waals surface area contributed by atoms with Crippen molar-refractivity contribution in [3.8, 4) is 23.1 Å². The van der Waals surface area contributed by atoms with Crippen LogP contribution in [0, 0.1) is 17.2 Å². The molecule has 2 aromatic heterocycles. The van der Waals surface area contributed by atoms with Crippen molar-refractivity contribution < 1.29 is 9.53 Å². The number of rotatable bonds is 10. The summed E-state index contributed by atoms with van der Waals surface area (Å²) < 4.78 is 7.23. The van der Waals surface area contributed by atoms with Gasteiger partial charge in [0.2, 0.25) is 5.95 Å². The molecule has 2 unspecified atom stereocenters. The minimum atomic E-state index is -0.193. The fraction of sp³-hybridized carbons (Fsp3) is 0.323. The van der Waals surface area contributed by atoms with Gasteiger partial charge in [-0.1, -0.05) is 31.0 Å². The summed E-state index contributed by atoms with van der Waals surface area (Å²) in [6.45, 7) is 1.94. The summed E-state index contributed by atoms with van der Waals surface area (Å²) in [5, 5.41) is 20.2. The smallest absolute Gasteiger partial charge is 0.251 e. The van der Waals surface area contributed by atoms with E-state index in [1.54, 1.807) is 31.6 Å². The van der Waals surface area contributed by atoms with Crippen molar-refractivity contribution in [2.75, 3.05) is 12.4 Å². The standard InChI is InChI=1S/C31H33N7O2/c1-21(23-9-6-12-27(18-23)40-2)35-30(39)24-10-5-11-26(17-24)36-31-33-16-14-28(37-31)25-19-34-38(20-25)29(13-15-32)22-7-3-4-8-22/h5-6,9-12,14,16-22,29H,3-4,7-8,13H2,1-2H3,(H,35,39)(H,33,36,37). The van der Waals surface area contributed by atoms with Crippen molar-refractivity contribution in [2.45, 2.75) is 51.1 Å². The lowest BCUT2D eigenvalue weighted by Gasteiger charge is -2.21. The maximum atomic E-state index is 13.0. The van der Waals surface area contributed by atoms with Crippen molar-refractivity contribution in [3.63, 3.8) is 0 Å². The lowest BCUT2D eigenvalue weighted by Crippen LogP contribution is -2.26. The quantitative estimate of drug-likeness (QED) is 0.247. The Balaban J connectivity index is 1.27. The molecule has 0 aliphatic heterocycles. The molecule has 204 valence electrons. The Hall–Kier alpha value is -4.71. The first-order valence-electron chi connectivity index (χ1n) is 13.6. The van der Waals surface area contributed by atoms with Gasteiger partial charge in [0.15, 0.2) is 0 Å². The zero-order valence-corrected chi connectivity index (χ0v) is 22.7. The maximum absolute atomic E-state index is 13.0. The second-order valence-corrected chi connectivity index (χ2v) is 10.1. The molecule has 2 atom stereocenters. The first-order valence-corrected chi connectivity index (χ1v) is 13.6. The Kier molecular flexibility index (Phi) is 8.35. The molecule has 0 radical (unpaired) electrons. The number of carbonyl (C=O) groups is 1. The molecule has 9 heteroatoms. The second kappa shape index (κ2) is 12.4. The summed E-state index contributed by atoms with van der Waals surface area (Å²) in [7, 11) is 1.62. The fourth-order valence-electron chi connectivity index (χ4n) is 5.28. The third-order valence-electron chi connectivity index (χ3n) is 7.46. The van der Waals surface area contributed by atoms with Gasteiger partial charge >= 0.3 is 0 Å². The van der Waals surface area contributed by atoms with E-state index in [-0.39, 0.29) is 18.0 Å². The molecule has 40 heavy (non-hydrogen) atoms. The van der Waals surface area contributed by atoms with Gasteiger partial charge < -0.3 is 15.4 Å². The van der Waals surface area contributed by atoms with Gasteiger partial charge in [-0.2, -0.15) is 10.4 Å². The molecule has 1 saturated carbocycles. The number of methoxy groups -OCH3 is 1. The number of carbonyl (C=O) groups excluding carboxylic acids is 1. The summed E-state index contributed by atoms with van der Waals surface area (Å²) >= 11 is 0. The zero-order valence-electron chi connectivity index (χ0n) is 22.7. The van der Waals surface area contributed by atoms with Gasteiger partial charge in [0.25, 0.3) is 5.91 Å². The van der Waals surface area contributed by atoms with Crippen molar-refractivity contribution >= 4 is 17.5 Å². The number of hydrogen-bond donors (Lipinski definition) is 2. The van der Waals surface area contributed by atoms with Crippen molar-refractivity contribution in [2.24, 2.45) is 5.92 Å². The Bertz CT molecular complexity index is 1500. The zero-order chi connectivity index (χ0) is 27.9. The molecule has 2 N–H and O–H groups in total. The minimum Gasteiger partial charge on any atom is -0.497 e. The summed E-state index contributed by atoms with van der Waals surface area (Å²) in [5.41, 5.74) is 3.77. The fourth-order valence-corrected chi connectivity index (χ4v) is 5.28. The van der Waals surface area contributed by atoms with E-state index in [0.717, 1.165) is 35.4 Å².